The lowest BCUT2D eigenvalue weighted by molar-refractivity contribution is 1.17. The van der Waals surface area contributed by atoms with E-state index in [-0.39, 0.29) is 0 Å². The Morgan fingerprint density at radius 3 is 1.38 bits per heavy atom. The molecule has 0 fully saturated rings. The molecule has 0 radical (unpaired) electrons. The highest BCUT2D eigenvalue weighted by molar-refractivity contribution is 7.20. The standard InChI is InChI=1S/C60H42N2Si/c1-5-20-43(21-6-1)44-36-38-45(39-37-44)50-28-13-16-32-55(50)62-57-34-18-15-30-52(57)54-42-46(40-41-58(54)62)61-56-33-17-14-29-51(56)53-31-19-35-59(60(53)61)63(47-22-7-2-8-23-47,48-24-9-3-10-25-48)49-26-11-4-12-27-49/h1-42H. The van der Waals surface area contributed by atoms with Gasteiger partial charge >= 0.3 is 0 Å². The molecule has 0 aliphatic heterocycles. The molecule has 2 heterocycles. The Labute approximate surface area is 368 Å². The molecule has 12 rings (SSSR count). The molecular weight excluding hydrogens is 777 g/mol. The van der Waals surface area contributed by atoms with Gasteiger partial charge in [-0.1, -0.05) is 218 Å². The highest BCUT2D eigenvalue weighted by atomic mass is 28.3. The Morgan fingerprint density at radius 2 is 0.746 bits per heavy atom. The van der Waals surface area contributed by atoms with Crippen molar-refractivity contribution in [3.8, 4) is 33.6 Å². The van der Waals surface area contributed by atoms with Gasteiger partial charge in [0.25, 0.3) is 0 Å². The van der Waals surface area contributed by atoms with Gasteiger partial charge in [-0.2, -0.15) is 0 Å². The van der Waals surface area contributed by atoms with Crippen LogP contribution in [-0.2, 0) is 0 Å². The number of hydrogen-bond donors (Lipinski definition) is 0. The minimum atomic E-state index is -2.92. The van der Waals surface area contributed by atoms with Crippen molar-refractivity contribution in [2.24, 2.45) is 0 Å². The predicted octanol–water partition coefficient (Wildman–Crippen LogP) is 12.6. The van der Waals surface area contributed by atoms with Gasteiger partial charge < -0.3 is 9.13 Å². The van der Waals surface area contributed by atoms with Gasteiger partial charge in [0, 0.05) is 32.8 Å². The Kier molecular flexibility index (Phi) is 8.87. The molecule has 0 aliphatic rings. The number of nitrogens with zero attached hydrogens (tertiary/aromatic N) is 2. The highest BCUT2D eigenvalue weighted by Crippen LogP contribution is 2.39. The van der Waals surface area contributed by atoms with Gasteiger partial charge in [-0.15, -0.1) is 0 Å². The molecule has 296 valence electrons. The maximum absolute atomic E-state index is 2.92. The molecule has 0 N–H and O–H groups in total. The van der Waals surface area contributed by atoms with E-state index < -0.39 is 8.07 Å². The quantitative estimate of drug-likeness (QED) is 0.107. The summed E-state index contributed by atoms with van der Waals surface area (Å²) in [7, 11) is -2.92. The number of hydrogen-bond acceptors (Lipinski definition) is 0. The fraction of sp³-hybridized carbons (Fsp3) is 0. The Balaban J connectivity index is 1.12. The normalized spacial score (nSPS) is 11.8. The maximum Gasteiger partial charge on any atom is 0.181 e. The van der Waals surface area contributed by atoms with E-state index in [0.29, 0.717) is 0 Å². The average molecular weight is 819 g/mol. The molecule has 3 heteroatoms. The third-order valence-corrected chi connectivity index (χ3v) is 17.9. The number of fused-ring (bicyclic) bond motifs is 6. The molecular formula is C60H42N2Si. The average Bonchev–Trinajstić information content (AvgIpc) is 3.88. The van der Waals surface area contributed by atoms with Gasteiger partial charge in [0.2, 0.25) is 0 Å². The second kappa shape index (κ2) is 15.2. The summed E-state index contributed by atoms with van der Waals surface area (Å²) < 4.78 is 5.02. The minimum absolute atomic E-state index is 1.14. The first kappa shape index (κ1) is 36.8. The van der Waals surface area contributed by atoms with Crippen LogP contribution in [0.1, 0.15) is 0 Å². The fourth-order valence-corrected chi connectivity index (χ4v) is 15.3. The van der Waals surface area contributed by atoms with Crippen LogP contribution >= 0.6 is 0 Å². The summed E-state index contributed by atoms with van der Waals surface area (Å²) in [6.45, 7) is 0. The molecule has 0 atom stereocenters. The van der Waals surface area contributed by atoms with Crippen LogP contribution in [0.2, 0.25) is 0 Å². The zero-order valence-electron chi connectivity index (χ0n) is 34.6. The molecule has 0 saturated carbocycles. The van der Waals surface area contributed by atoms with Gasteiger partial charge in [0.1, 0.15) is 0 Å². The number of rotatable bonds is 8. The van der Waals surface area contributed by atoms with Crippen LogP contribution in [0.25, 0.3) is 77.2 Å². The van der Waals surface area contributed by atoms with E-state index in [4.69, 9.17) is 0 Å². The monoisotopic (exact) mass is 818 g/mol. The van der Waals surface area contributed by atoms with Crippen LogP contribution in [0.4, 0.5) is 0 Å². The number of para-hydroxylation sites is 4. The summed E-state index contributed by atoms with van der Waals surface area (Å²) in [4.78, 5) is 0. The Morgan fingerprint density at radius 1 is 0.286 bits per heavy atom. The van der Waals surface area contributed by atoms with E-state index in [1.807, 2.05) is 0 Å². The molecule has 10 aromatic carbocycles. The second-order valence-corrected chi connectivity index (χ2v) is 20.2. The lowest BCUT2D eigenvalue weighted by Crippen LogP contribution is -2.75. The molecule has 12 aromatic rings. The molecule has 63 heavy (non-hydrogen) atoms. The van der Waals surface area contributed by atoms with Crippen molar-refractivity contribution < 1.29 is 0 Å². The molecule has 2 aromatic heterocycles. The SMILES string of the molecule is c1ccc(-c2ccc(-c3ccccc3-n3c4ccccc4c4cc(-n5c6ccccc6c6cccc([Si](c7ccccc7)(c7ccccc7)c7ccccc7)c65)ccc43)cc2)cc1. The van der Waals surface area contributed by atoms with Gasteiger partial charge in [-0.3, -0.25) is 0 Å². The summed E-state index contributed by atoms with van der Waals surface area (Å²) in [6.07, 6.45) is 0. The molecule has 0 unspecified atom stereocenters. The summed E-state index contributed by atoms with van der Waals surface area (Å²) in [5.74, 6) is 0. The Bertz CT molecular complexity index is 3490. The fourth-order valence-electron chi connectivity index (χ4n) is 10.4. The van der Waals surface area contributed by atoms with Crippen molar-refractivity contribution in [2.75, 3.05) is 0 Å². The molecule has 0 saturated heterocycles. The molecule has 0 spiro atoms. The zero-order valence-corrected chi connectivity index (χ0v) is 35.6. The van der Waals surface area contributed by atoms with Crippen LogP contribution in [0.5, 0.6) is 0 Å². The van der Waals surface area contributed by atoms with Gasteiger partial charge in [0.15, 0.2) is 8.07 Å². The van der Waals surface area contributed by atoms with Crippen molar-refractivity contribution in [3.63, 3.8) is 0 Å². The minimum Gasteiger partial charge on any atom is -0.309 e. The molecule has 0 amide bonds. The van der Waals surface area contributed by atoms with Crippen LogP contribution < -0.4 is 20.7 Å². The van der Waals surface area contributed by atoms with Crippen molar-refractivity contribution >= 4 is 72.4 Å². The van der Waals surface area contributed by atoms with Gasteiger partial charge in [-0.25, -0.2) is 0 Å². The Hall–Kier alpha value is -7.98. The molecule has 0 aliphatic carbocycles. The zero-order chi connectivity index (χ0) is 41.7. The van der Waals surface area contributed by atoms with E-state index in [1.54, 1.807) is 0 Å². The largest absolute Gasteiger partial charge is 0.309 e. The lowest BCUT2D eigenvalue weighted by atomic mass is 9.99. The van der Waals surface area contributed by atoms with Gasteiger partial charge in [-0.05, 0) is 73.8 Å². The number of aromatic nitrogens is 2. The summed E-state index contributed by atoms with van der Waals surface area (Å²) in [5.41, 5.74) is 11.9. The van der Waals surface area contributed by atoms with E-state index in [9.17, 15) is 0 Å². The topological polar surface area (TPSA) is 9.86 Å². The summed E-state index contributed by atoms with van der Waals surface area (Å²) >= 11 is 0. The van der Waals surface area contributed by atoms with Gasteiger partial charge in [0.05, 0.1) is 27.8 Å². The molecule has 0 bridgehead atoms. The van der Waals surface area contributed by atoms with Crippen LogP contribution in [0.15, 0.2) is 255 Å². The van der Waals surface area contributed by atoms with Crippen LogP contribution in [-0.4, -0.2) is 17.2 Å². The molecule has 2 nitrogen and oxygen atoms in total. The highest BCUT2D eigenvalue weighted by Gasteiger charge is 2.43. The van der Waals surface area contributed by atoms with E-state index in [1.165, 1.54) is 86.6 Å². The van der Waals surface area contributed by atoms with Crippen molar-refractivity contribution in [1.29, 1.82) is 0 Å². The van der Waals surface area contributed by atoms with Crippen molar-refractivity contribution in [3.05, 3.63) is 255 Å². The summed E-state index contributed by atoms with van der Waals surface area (Å²) in [5, 5.41) is 10.4. The second-order valence-electron chi connectivity index (χ2n) is 16.4. The maximum atomic E-state index is 2.56. The van der Waals surface area contributed by atoms with E-state index >= 15 is 0 Å². The first-order valence-electron chi connectivity index (χ1n) is 21.8. The predicted molar refractivity (Wildman–Crippen MR) is 270 cm³/mol. The lowest BCUT2D eigenvalue weighted by Gasteiger charge is -2.35. The smallest absolute Gasteiger partial charge is 0.181 e. The van der Waals surface area contributed by atoms with Crippen LogP contribution in [0, 0.1) is 0 Å². The van der Waals surface area contributed by atoms with Crippen molar-refractivity contribution in [2.45, 2.75) is 0 Å². The third kappa shape index (κ3) is 5.85. The van der Waals surface area contributed by atoms with E-state index in [0.717, 1.165) is 11.4 Å². The number of benzene rings is 10. The van der Waals surface area contributed by atoms with Crippen molar-refractivity contribution in [1.82, 2.24) is 9.13 Å². The summed E-state index contributed by atoms with van der Waals surface area (Å²) in [6, 6.07) is 94.2. The van der Waals surface area contributed by atoms with E-state index in [2.05, 4.69) is 264 Å². The first-order valence-corrected chi connectivity index (χ1v) is 23.8. The third-order valence-electron chi connectivity index (χ3n) is 13.1. The van der Waals surface area contributed by atoms with Crippen LogP contribution in [0.3, 0.4) is 0 Å². The first-order chi connectivity index (χ1) is 31.3.